The third-order valence-corrected chi connectivity index (χ3v) is 6.31. The molecule has 0 spiro atoms. The van der Waals surface area contributed by atoms with E-state index in [9.17, 15) is 4.39 Å². The molecule has 1 aromatic heterocycles. The van der Waals surface area contributed by atoms with Crippen LogP contribution in [0.4, 0.5) is 4.39 Å². The van der Waals surface area contributed by atoms with Gasteiger partial charge in [0.15, 0.2) is 5.11 Å². The summed E-state index contributed by atoms with van der Waals surface area (Å²) in [5.74, 6) is 0.401. The molecule has 1 atom stereocenters. The monoisotopic (exact) mass is 454 g/mol. The Bertz CT molecular complexity index is 1130. The number of hydrogen-bond acceptors (Lipinski definition) is 5. The smallest absolute Gasteiger partial charge is 0.258 e. The van der Waals surface area contributed by atoms with Crippen molar-refractivity contribution in [1.29, 1.82) is 0 Å². The van der Waals surface area contributed by atoms with Crippen molar-refractivity contribution in [2.75, 3.05) is 12.8 Å². The molecular weight excluding hydrogens is 431 g/mol. The van der Waals surface area contributed by atoms with E-state index in [2.05, 4.69) is 51.5 Å². The molecule has 1 N–H and O–H groups in total. The van der Waals surface area contributed by atoms with E-state index in [0.29, 0.717) is 22.4 Å². The summed E-state index contributed by atoms with van der Waals surface area (Å²) in [5.41, 5.74) is 3.46. The van der Waals surface area contributed by atoms with Gasteiger partial charge >= 0.3 is 0 Å². The molecule has 2 aromatic carbocycles. The van der Waals surface area contributed by atoms with Crippen molar-refractivity contribution in [3.05, 3.63) is 71.5 Å². The topological polar surface area (TPSA) is 54.2 Å². The summed E-state index contributed by atoms with van der Waals surface area (Å²) in [6.45, 7) is 4.91. The summed E-state index contributed by atoms with van der Waals surface area (Å²) in [7, 11) is 0. The zero-order valence-electron chi connectivity index (χ0n) is 17.6. The van der Waals surface area contributed by atoms with E-state index in [0.717, 1.165) is 29.8 Å². The first-order valence-electron chi connectivity index (χ1n) is 10.0. The highest BCUT2D eigenvalue weighted by atomic mass is 32.2. The average Bonchev–Trinajstić information content (AvgIpc) is 3.26. The van der Waals surface area contributed by atoms with Crippen molar-refractivity contribution < 1.29 is 8.91 Å². The molecule has 5 nitrogen and oxygen atoms in total. The van der Waals surface area contributed by atoms with Gasteiger partial charge in [0, 0.05) is 22.7 Å². The molecule has 8 heteroatoms. The Morgan fingerprint density at radius 1 is 1.23 bits per heavy atom. The van der Waals surface area contributed by atoms with E-state index < -0.39 is 0 Å². The Morgan fingerprint density at radius 2 is 2.00 bits per heavy atom. The van der Waals surface area contributed by atoms with E-state index in [1.54, 1.807) is 23.9 Å². The SMILES string of the molecule is CCCN1C(=S)NC(c2ccc(SC)cc2)C(c2nc(-c3cccc(F)c3)no2)=C1C. The average molecular weight is 455 g/mol. The molecule has 0 amide bonds. The fourth-order valence-corrected chi connectivity index (χ4v) is 4.43. The number of nitrogens with zero attached hydrogens (tertiary/aromatic N) is 3. The normalized spacial score (nSPS) is 16.6. The van der Waals surface area contributed by atoms with Crippen LogP contribution < -0.4 is 5.32 Å². The van der Waals surface area contributed by atoms with E-state index in [-0.39, 0.29) is 11.9 Å². The summed E-state index contributed by atoms with van der Waals surface area (Å²) >= 11 is 7.36. The van der Waals surface area contributed by atoms with Crippen molar-refractivity contribution in [2.24, 2.45) is 0 Å². The molecule has 0 bridgehead atoms. The first kappa shape index (κ1) is 21.5. The molecule has 160 valence electrons. The number of thiocarbonyl (C=S) groups is 1. The molecule has 0 fully saturated rings. The zero-order chi connectivity index (χ0) is 22.0. The number of benzene rings is 2. The van der Waals surface area contributed by atoms with E-state index in [1.807, 2.05) is 13.2 Å². The van der Waals surface area contributed by atoms with Gasteiger partial charge < -0.3 is 14.7 Å². The Balaban J connectivity index is 1.80. The number of allylic oxidation sites excluding steroid dienone is 1. The summed E-state index contributed by atoms with van der Waals surface area (Å²) in [4.78, 5) is 7.85. The van der Waals surface area contributed by atoms with Crippen LogP contribution in [0.3, 0.4) is 0 Å². The Morgan fingerprint density at radius 3 is 2.68 bits per heavy atom. The number of nitrogens with one attached hydrogen (secondary N) is 1. The summed E-state index contributed by atoms with van der Waals surface area (Å²) in [6, 6.07) is 14.3. The van der Waals surface area contributed by atoms with E-state index >= 15 is 0 Å². The Kier molecular flexibility index (Phi) is 6.38. The van der Waals surface area contributed by atoms with Gasteiger partial charge in [-0.3, -0.25) is 0 Å². The number of aromatic nitrogens is 2. The van der Waals surface area contributed by atoms with Gasteiger partial charge in [-0.15, -0.1) is 11.8 Å². The highest BCUT2D eigenvalue weighted by Crippen LogP contribution is 2.37. The highest BCUT2D eigenvalue weighted by Gasteiger charge is 2.33. The maximum atomic E-state index is 13.7. The zero-order valence-corrected chi connectivity index (χ0v) is 19.2. The van der Waals surface area contributed by atoms with Crippen LogP contribution in [0.2, 0.25) is 0 Å². The van der Waals surface area contributed by atoms with Crippen LogP contribution in [0.5, 0.6) is 0 Å². The Hall–Kier alpha value is -2.71. The van der Waals surface area contributed by atoms with Gasteiger partial charge in [-0.2, -0.15) is 4.98 Å². The molecule has 0 radical (unpaired) electrons. The lowest BCUT2D eigenvalue weighted by Gasteiger charge is -2.37. The fraction of sp³-hybridized carbons (Fsp3) is 0.261. The van der Waals surface area contributed by atoms with Crippen molar-refractivity contribution >= 4 is 34.7 Å². The highest BCUT2D eigenvalue weighted by molar-refractivity contribution is 7.98. The maximum Gasteiger partial charge on any atom is 0.258 e. The minimum Gasteiger partial charge on any atom is -0.351 e. The molecule has 2 heterocycles. The molecule has 0 aliphatic carbocycles. The number of hydrogen-bond donors (Lipinski definition) is 1. The second-order valence-corrected chi connectivity index (χ2v) is 8.51. The predicted molar refractivity (Wildman–Crippen MR) is 126 cm³/mol. The van der Waals surface area contributed by atoms with Crippen molar-refractivity contribution in [3.8, 4) is 11.4 Å². The maximum absolute atomic E-state index is 13.7. The first-order chi connectivity index (χ1) is 15.0. The molecule has 1 aliphatic rings. The molecular formula is C23H23FN4OS2. The van der Waals surface area contributed by atoms with E-state index in [4.69, 9.17) is 16.7 Å². The lowest BCUT2D eigenvalue weighted by Crippen LogP contribution is -2.46. The first-order valence-corrected chi connectivity index (χ1v) is 11.7. The van der Waals surface area contributed by atoms with Crippen molar-refractivity contribution in [2.45, 2.75) is 31.2 Å². The fourth-order valence-electron chi connectivity index (χ4n) is 3.68. The van der Waals surface area contributed by atoms with Gasteiger partial charge in [0.05, 0.1) is 11.6 Å². The van der Waals surface area contributed by atoms with Gasteiger partial charge in [-0.25, -0.2) is 4.39 Å². The predicted octanol–water partition coefficient (Wildman–Crippen LogP) is 5.67. The Labute approximate surface area is 190 Å². The van der Waals surface area contributed by atoms with Crippen LogP contribution in [0.1, 0.15) is 37.8 Å². The third kappa shape index (κ3) is 4.36. The number of halogens is 1. The lowest BCUT2D eigenvalue weighted by atomic mass is 9.95. The molecule has 1 aliphatic heterocycles. The van der Waals surface area contributed by atoms with Crippen LogP contribution >= 0.6 is 24.0 Å². The summed E-state index contributed by atoms with van der Waals surface area (Å²) < 4.78 is 19.3. The van der Waals surface area contributed by atoms with Gasteiger partial charge in [0.1, 0.15) is 5.82 Å². The van der Waals surface area contributed by atoms with Crippen molar-refractivity contribution in [3.63, 3.8) is 0 Å². The van der Waals surface area contributed by atoms with Gasteiger partial charge in [-0.05, 0) is 61.6 Å². The summed E-state index contributed by atoms with van der Waals surface area (Å²) in [5, 5.41) is 8.23. The second kappa shape index (κ2) is 9.20. The summed E-state index contributed by atoms with van der Waals surface area (Å²) in [6.07, 6.45) is 2.99. The second-order valence-electron chi connectivity index (χ2n) is 7.24. The standard InChI is InChI=1S/C23H23FN4OS2/c1-4-12-28-14(2)19(20(25-23(28)30)15-8-10-18(31-3)11-9-15)22-26-21(27-29-22)16-6-5-7-17(24)13-16/h5-11,13,20H,4,12H2,1-3H3,(H,25,30). The molecule has 0 saturated heterocycles. The molecule has 0 saturated carbocycles. The third-order valence-electron chi connectivity index (χ3n) is 5.23. The molecule has 31 heavy (non-hydrogen) atoms. The van der Waals surface area contributed by atoms with E-state index in [1.165, 1.54) is 17.0 Å². The van der Waals surface area contributed by atoms with Gasteiger partial charge in [-0.1, -0.05) is 36.3 Å². The van der Waals surface area contributed by atoms with Gasteiger partial charge in [0.25, 0.3) is 5.89 Å². The molecule has 3 aromatic rings. The largest absolute Gasteiger partial charge is 0.351 e. The van der Waals surface area contributed by atoms with Crippen LogP contribution in [0.15, 0.2) is 63.6 Å². The molecule has 4 rings (SSSR count). The minimum absolute atomic E-state index is 0.225. The van der Waals surface area contributed by atoms with Crippen molar-refractivity contribution in [1.82, 2.24) is 20.4 Å². The van der Waals surface area contributed by atoms with Gasteiger partial charge in [0.2, 0.25) is 5.82 Å². The lowest BCUT2D eigenvalue weighted by molar-refractivity contribution is 0.396. The minimum atomic E-state index is -0.343. The number of rotatable bonds is 6. The van der Waals surface area contributed by atoms with Crippen LogP contribution in [0.25, 0.3) is 17.0 Å². The number of thioether (sulfide) groups is 1. The molecule has 1 unspecified atom stereocenters. The van der Waals surface area contributed by atoms with Crippen LogP contribution in [-0.2, 0) is 0 Å². The van der Waals surface area contributed by atoms with Crippen LogP contribution in [0, 0.1) is 5.82 Å². The van der Waals surface area contributed by atoms with Crippen LogP contribution in [-0.4, -0.2) is 33.0 Å². The quantitative estimate of drug-likeness (QED) is 0.380.